The third kappa shape index (κ3) is 8.08. The highest BCUT2D eigenvalue weighted by Gasteiger charge is 2.18. The maximum Gasteiger partial charge on any atom is 0.338 e. The van der Waals surface area contributed by atoms with Crippen LogP contribution in [0.5, 0.6) is 0 Å². The molecule has 1 amide bonds. The van der Waals surface area contributed by atoms with Gasteiger partial charge in [0.1, 0.15) is 0 Å². The number of esters is 1. The number of hydrogen-bond donors (Lipinski definition) is 1. The number of nitrogens with one attached hydrogen (secondary N) is 1. The molecular weight excluding hydrogens is 440 g/mol. The Bertz CT molecular complexity index is 1180. The second-order valence-electron chi connectivity index (χ2n) is 7.57. The first-order valence-electron chi connectivity index (χ1n) is 10.4. The molecule has 0 aromatic heterocycles. The average molecular weight is 467 g/mol. The summed E-state index contributed by atoms with van der Waals surface area (Å²) in [6.45, 7) is 0.463. The zero-order chi connectivity index (χ0) is 23.7. The van der Waals surface area contributed by atoms with Crippen LogP contribution in [0.4, 0.5) is 5.69 Å². The molecule has 3 rings (SSSR count). The van der Waals surface area contributed by atoms with Crippen LogP contribution in [-0.4, -0.2) is 44.6 Å². The van der Waals surface area contributed by atoms with E-state index in [0.29, 0.717) is 19.5 Å². The quantitative estimate of drug-likeness (QED) is 0.462. The molecule has 0 saturated heterocycles. The molecule has 0 radical (unpaired) electrons. The lowest BCUT2D eigenvalue weighted by atomic mass is 10.1. The molecule has 8 heteroatoms. The van der Waals surface area contributed by atoms with Gasteiger partial charge >= 0.3 is 5.97 Å². The Morgan fingerprint density at radius 2 is 1.52 bits per heavy atom. The van der Waals surface area contributed by atoms with Crippen LogP contribution < -0.4 is 4.72 Å². The Morgan fingerprint density at radius 3 is 2.15 bits per heavy atom. The minimum atomic E-state index is -3.48. The Balaban J connectivity index is 1.64. The normalized spacial score (nSPS) is 10.9. The number of rotatable bonds is 10. The highest BCUT2D eigenvalue weighted by Crippen LogP contribution is 2.14. The van der Waals surface area contributed by atoms with Crippen LogP contribution in [0.15, 0.2) is 84.9 Å². The second kappa shape index (κ2) is 11.3. The third-order valence-corrected chi connectivity index (χ3v) is 5.42. The molecule has 0 saturated carbocycles. The van der Waals surface area contributed by atoms with E-state index in [1.165, 1.54) is 24.3 Å². The summed E-state index contributed by atoms with van der Waals surface area (Å²) in [6, 6.07) is 25.4. The molecule has 0 unspecified atom stereocenters. The smallest absolute Gasteiger partial charge is 0.338 e. The topological polar surface area (TPSA) is 92.8 Å². The van der Waals surface area contributed by atoms with E-state index in [9.17, 15) is 18.0 Å². The van der Waals surface area contributed by atoms with Crippen LogP contribution >= 0.6 is 0 Å². The fourth-order valence-corrected chi connectivity index (χ4v) is 3.79. The van der Waals surface area contributed by atoms with E-state index in [-0.39, 0.29) is 17.2 Å². The standard InChI is InChI=1S/C25H26N2O5S/c1-33(30,31)26-23-14-8-13-22(17-23)25(29)32-19-24(28)27(18-21-11-6-3-7-12-21)16-15-20-9-4-2-5-10-20/h2-14,17,26H,15-16,18-19H2,1H3. The maximum atomic E-state index is 12.9. The lowest BCUT2D eigenvalue weighted by Gasteiger charge is -2.23. The molecule has 7 nitrogen and oxygen atoms in total. The molecule has 0 aliphatic rings. The molecule has 172 valence electrons. The lowest BCUT2D eigenvalue weighted by molar-refractivity contribution is -0.135. The summed E-state index contributed by atoms with van der Waals surface area (Å²) < 4.78 is 30.4. The van der Waals surface area contributed by atoms with E-state index in [1.54, 1.807) is 4.90 Å². The summed E-state index contributed by atoms with van der Waals surface area (Å²) in [5.41, 5.74) is 2.47. The van der Waals surface area contributed by atoms with Gasteiger partial charge in [-0.25, -0.2) is 13.2 Å². The second-order valence-corrected chi connectivity index (χ2v) is 9.32. The molecule has 0 aliphatic heterocycles. The number of benzene rings is 3. The minimum absolute atomic E-state index is 0.148. The molecule has 33 heavy (non-hydrogen) atoms. The number of ether oxygens (including phenoxy) is 1. The van der Waals surface area contributed by atoms with Crippen molar-refractivity contribution >= 4 is 27.6 Å². The van der Waals surface area contributed by atoms with Crippen molar-refractivity contribution in [1.29, 1.82) is 0 Å². The van der Waals surface area contributed by atoms with E-state index >= 15 is 0 Å². The number of hydrogen-bond acceptors (Lipinski definition) is 5. The van der Waals surface area contributed by atoms with Crippen LogP contribution in [0.3, 0.4) is 0 Å². The number of carbonyl (C=O) groups is 2. The third-order valence-electron chi connectivity index (χ3n) is 4.81. The fourth-order valence-electron chi connectivity index (χ4n) is 3.23. The Kier molecular flexibility index (Phi) is 8.21. The van der Waals surface area contributed by atoms with Crippen molar-refractivity contribution in [2.24, 2.45) is 0 Å². The molecule has 0 heterocycles. The molecule has 0 spiro atoms. The van der Waals surface area contributed by atoms with E-state index in [4.69, 9.17) is 4.74 Å². The summed E-state index contributed by atoms with van der Waals surface area (Å²) in [6.07, 6.45) is 1.69. The Morgan fingerprint density at radius 1 is 0.879 bits per heavy atom. The predicted molar refractivity (Wildman–Crippen MR) is 127 cm³/mol. The van der Waals surface area contributed by atoms with Crippen LogP contribution in [0.25, 0.3) is 0 Å². The summed E-state index contributed by atoms with van der Waals surface area (Å²) in [5, 5.41) is 0. The Hall–Kier alpha value is -3.65. The molecule has 3 aromatic carbocycles. The monoisotopic (exact) mass is 466 g/mol. The van der Waals surface area contributed by atoms with Crippen molar-refractivity contribution in [2.75, 3.05) is 24.1 Å². The van der Waals surface area contributed by atoms with Gasteiger partial charge < -0.3 is 9.64 Å². The van der Waals surface area contributed by atoms with Crippen molar-refractivity contribution in [3.05, 3.63) is 102 Å². The molecule has 1 N–H and O–H groups in total. The van der Waals surface area contributed by atoms with Gasteiger partial charge in [0.25, 0.3) is 5.91 Å². The fraction of sp³-hybridized carbons (Fsp3) is 0.200. The molecular formula is C25H26N2O5S. The van der Waals surface area contributed by atoms with Crippen molar-refractivity contribution in [3.63, 3.8) is 0 Å². The summed E-state index contributed by atoms with van der Waals surface area (Å²) in [5.74, 6) is -1.02. The van der Waals surface area contributed by atoms with Gasteiger partial charge in [-0.3, -0.25) is 9.52 Å². The first kappa shape index (κ1) is 24.0. The maximum absolute atomic E-state index is 12.9. The molecule has 0 fully saturated rings. The zero-order valence-electron chi connectivity index (χ0n) is 18.3. The number of anilines is 1. The van der Waals surface area contributed by atoms with Crippen LogP contribution in [0.1, 0.15) is 21.5 Å². The van der Waals surface area contributed by atoms with E-state index < -0.39 is 22.6 Å². The van der Waals surface area contributed by atoms with E-state index in [0.717, 1.165) is 17.4 Å². The van der Waals surface area contributed by atoms with Crippen molar-refractivity contribution in [1.82, 2.24) is 4.90 Å². The molecule has 0 aliphatic carbocycles. The summed E-state index contributed by atoms with van der Waals surface area (Å²) >= 11 is 0. The van der Waals surface area contributed by atoms with Gasteiger partial charge in [0.2, 0.25) is 10.0 Å². The van der Waals surface area contributed by atoms with Crippen LogP contribution in [0, 0.1) is 0 Å². The van der Waals surface area contributed by atoms with Crippen LogP contribution in [0.2, 0.25) is 0 Å². The summed E-state index contributed by atoms with van der Waals surface area (Å²) in [4.78, 5) is 27.0. The van der Waals surface area contributed by atoms with E-state index in [1.807, 2.05) is 60.7 Å². The van der Waals surface area contributed by atoms with Gasteiger partial charge in [0, 0.05) is 18.8 Å². The highest BCUT2D eigenvalue weighted by molar-refractivity contribution is 7.92. The van der Waals surface area contributed by atoms with Gasteiger partial charge in [0.05, 0.1) is 11.8 Å². The van der Waals surface area contributed by atoms with E-state index in [2.05, 4.69) is 4.72 Å². The largest absolute Gasteiger partial charge is 0.452 e. The van der Waals surface area contributed by atoms with Crippen LogP contribution in [-0.2, 0) is 32.5 Å². The average Bonchev–Trinajstić information content (AvgIpc) is 2.80. The van der Waals surface area contributed by atoms with Gasteiger partial charge in [-0.1, -0.05) is 66.7 Å². The van der Waals surface area contributed by atoms with Crippen molar-refractivity contribution < 1.29 is 22.7 Å². The first-order valence-corrected chi connectivity index (χ1v) is 12.3. The number of carbonyl (C=O) groups excluding carboxylic acids is 2. The lowest BCUT2D eigenvalue weighted by Crippen LogP contribution is -2.35. The number of nitrogens with zero attached hydrogens (tertiary/aromatic N) is 1. The minimum Gasteiger partial charge on any atom is -0.452 e. The van der Waals surface area contributed by atoms with Crippen molar-refractivity contribution in [2.45, 2.75) is 13.0 Å². The summed E-state index contributed by atoms with van der Waals surface area (Å²) in [7, 11) is -3.48. The van der Waals surface area contributed by atoms with Gasteiger partial charge in [-0.2, -0.15) is 0 Å². The molecule has 0 bridgehead atoms. The number of sulfonamides is 1. The number of amides is 1. The molecule has 3 aromatic rings. The first-order chi connectivity index (χ1) is 15.8. The Labute approximate surface area is 194 Å². The van der Waals surface area contributed by atoms with Gasteiger partial charge in [-0.05, 0) is 35.7 Å². The zero-order valence-corrected chi connectivity index (χ0v) is 19.1. The SMILES string of the molecule is CS(=O)(=O)Nc1cccc(C(=O)OCC(=O)N(CCc2ccccc2)Cc2ccccc2)c1. The van der Waals surface area contributed by atoms with Crippen molar-refractivity contribution in [3.8, 4) is 0 Å². The molecule has 0 atom stereocenters. The predicted octanol–water partition coefficient (Wildman–Crippen LogP) is 3.49. The highest BCUT2D eigenvalue weighted by atomic mass is 32.2. The van der Waals surface area contributed by atoms with Gasteiger partial charge in [0.15, 0.2) is 6.61 Å². The van der Waals surface area contributed by atoms with Gasteiger partial charge in [-0.15, -0.1) is 0 Å².